The van der Waals surface area contributed by atoms with E-state index in [1.54, 1.807) is 0 Å². The fraction of sp³-hybridized carbons (Fsp3) is 0.833. The Morgan fingerprint density at radius 2 is 1.24 bits per heavy atom. The zero-order chi connectivity index (χ0) is 13.8. The third kappa shape index (κ3) is 4.27. The molecule has 0 aliphatic rings. The van der Waals surface area contributed by atoms with E-state index in [9.17, 15) is 9.59 Å². The molecule has 0 amide bonds. The Labute approximate surface area is 105 Å². The first-order valence-electron chi connectivity index (χ1n) is 5.61. The summed E-state index contributed by atoms with van der Waals surface area (Å²) in [4.78, 5) is 23.3. The molecule has 2 atom stereocenters. The molecule has 0 N–H and O–H groups in total. The van der Waals surface area contributed by atoms with E-state index >= 15 is 0 Å². The first-order chi connectivity index (χ1) is 7.66. The maximum atomic E-state index is 11.7. The maximum Gasteiger partial charge on any atom is 0.312 e. The lowest BCUT2D eigenvalue weighted by Crippen LogP contribution is -2.34. The zero-order valence-corrected chi connectivity index (χ0v) is 12.6. The lowest BCUT2D eigenvalue weighted by atomic mass is 10.3. The second kappa shape index (κ2) is 6.34. The van der Waals surface area contributed by atoms with Crippen molar-refractivity contribution in [2.45, 2.75) is 51.1 Å². The highest BCUT2D eigenvalue weighted by molar-refractivity contribution is 7.62. The summed E-state index contributed by atoms with van der Waals surface area (Å²) >= 11 is 0. The molecule has 0 aromatic rings. The number of esters is 2. The molecule has 0 aromatic heterocycles. The van der Waals surface area contributed by atoms with Crippen molar-refractivity contribution in [3.63, 3.8) is 0 Å². The van der Waals surface area contributed by atoms with Crippen molar-refractivity contribution < 1.29 is 19.1 Å². The van der Waals surface area contributed by atoms with Gasteiger partial charge in [-0.15, -0.1) is 0 Å². The highest BCUT2D eigenvalue weighted by Gasteiger charge is 2.40. The molecule has 0 heterocycles. The molecular formula is C12H23O4P. The van der Waals surface area contributed by atoms with Crippen LogP contribution in [0, 0.1) is 0 Å². The van der Waals surface area contributed by atoms with Crippen LogP contribution >= 0.6 is 7.92 Å². The molecule has 0 radical (unpaired) electrons. The van der Waals surface area contributed by atoms with E-state index < -0.39 is 7.92 Å². The molecular weight excluding hydrogens is 239 g/mol. The normalized spacial score (nSPS) is 16.9. The van der Waals surface area contributed by atoms with E-state index in [0.717, 1.165) is 0 Å². The van der Waals surface area contributed by atoms with Gasteiger partial charge in [0.15, 0.2) is 0 Å². The monoisotopic (exact) mass is 262 g/mol. The average Bonchev–Trinajstić information content (AvgIpc) is 2.24. The van der Waals surface area contributed by atoms with E-state index in [4.69, 9.17) is 9.47 Å². The van der Waals surface area contributed by atoms with Gasteiger partial charge in [0.05, 0.1) is 25.5 Å². The van der Waals surface area contributed by atoms with Gasteiger partial charge in [0.1, 0.15) is 0 Å². The van der Waals surface area contributed by atoms with Gasteiger partial charge in [-0.25, -0.2) is 0 Å². The zero-order valence-electron chi connectivity index (χ0n) is 11.7. The summed E-state index contributed by atoms with van der Waals surface area (Å²) in [6, 6.07) is 0. The SMILES string of the molecule is COC(=O)C(C)P(C(C)C(=O)OC)C(C)(C)C. The minimum absolute atomic E-state index is 0.115. The topological polar surface area (TPSA) is 52.6 Å². The fourth-order valence-electron chi connectivity index (χ4n) is 2.07. The van der Waals surface area contributed by atoms with Gasteiger partial charge in [-0.05, 0) is 19.0 Å². The molecule has 5 heteroatoms. The standard InChI is InChI=1S/C12H23O4P/c1-8(10(13)15-6)17(12(3,4)5)9(2)11(14)16-7/h8-9H,1-7H3. The van der Waals surface area contributed by atoms with Gasteiger partial charge in [0.25, 0.3) is 0 Å². The fourth-order valence-corrected chi connectivity index (χ4v) is 5.73. The van der Waals surface area contributed by atoms with Crippen LogP contribution in [-0.2, 0) is 19.1 Å². The molecule has 0 fully saturated rings. The second-order valence-electron chi connectivity index (χ2n) is 4.98. The molecule has 0 aliphatic carbocycles. The van der Waals surface area contributed by atoms with Crippen molar-refractivity contribution in [2.75, 3.05) is 14.2 Å². The molecule has 0 saturated carbocycles. The van der Waals surface area contributed by atoms with Crippen molar-refractivity contribution >= 4 is 19.9 Å². The third-order valence-corrected chi connectivity index (χ3v) is 6.33. The second-order valence-corrected chi connectivity index (χ2v) is 8.68. The van der Waals surface area contributed by atoms with Crippen LogP contribution in [-0.4, -0.2) is 42.6 Å². The molecule has 0 aromatic carbocycles. The first kappa shape index (κ1) is 16.4. The summed E-state index contributed by atoms with van der Waals surface area (Å²) in [7, 11) is 1.88. The Morgan fingerprint density at radius 3 is 1.41 bits per heavy atom. The minimum Gasteiger partial charge on any atom is -0.469 e. The Morgan fingerprint density at radius 1 is 0.941 bits per heavy atom. The number of carbonyl (C=O) groups is 2. The summed E-state index contributed by atoms with van der Waals surface area (Å²) < 4.78 is 9.55. The number of ether oxygens (including phenoxy) is 2. The summed E-state index contributed by atoms with van der Waals surface area (Å²) in [5, 5.41) is -0.115. The van der Waals surface area contributed by atoms with Crippen molar-refractivity contribution in [3.8, 4) is 0 Å². The predicted octanol–water partition coefficient (Wildman–Crippen LogP) is 2.39. The largest absolute Gasteiger partial charge is 0.469 e. The first-order valence-corrected chi connectivity index (χ1v) is 7.09. The van der Waals surface area contributed by atoms with E-state index in [1.165, 1.54) is 14.2 Å². The van der Waals surface area contributed by atoms with Gasteiger partial charge in [-0.1, -0.05) is 28.7 Å². The van der Waals surface area contributed by atoms with Crippen LogP contribution in [0.1, 0.15) is 34.6 Å². The Kier molecular flexibility index (Phi) is 6.11. The molecule has 0 aliphatic heterocycles. The summed E-state index contributed by atoms with van der Waals surface area (Å²) in [6.07, 6.45) is 0. The predicted molar refractivity (Wildman–Crippen MR) is 69.6 cm³/mol. The molecule has 100 valence electrons. The quantitative estimate of drug-likeness (QED) is 0.576. The van der Waals surface area contributed by atoms with E-state index in [0.29, 0.717) is 0 Å². The molecule has 0 bridgehead atoms. The van der Waals surface area contributed by atoms with Crippen LogP contribution in [0.15, 0.2) is 0 Å². The van der Waals surface area contributed by atoms with Gasteiger partial charge in [-0.2, -0.15) is 0 Å². The molecule has 2 unspecified atom stereocenters. The number of methoxy groups -OCH3 is 2. The summed E-state index contributed by atoms with van der Waals surface area (Å²) in [5.74, 6) is -0.524. The van der Waals surface area contributed by atoms with Gasteiger partial charge < -0.3 is 9.47 Å². The van der Waals surface area contributed by atoms with Crippen LogP contribution in [0.5, 0.6) is 0 Å². The Bertz CT molecular complexity index is 261. The van der Waals surface area contributed by atoms with E-state index in [1.807, 2.05) is 34.6 Å². The number of hydrogen-bond acceptors (Lipinski definition) is 4. The Balaban J connectivity index is 5.15. The van der Waals surface area contributed by atoms with Crippen LogP contribution in [0.2, 0.25) is 0 Å². The number of rotatable bonds is 4. The summed E-state index contributed by atoms with van der Waals surface area (Å²) in [5.41, 5.74) is -0.548. The van der Waals surface area contributed by atoms with Gasteiger partial charge >= 0.3 is 11.9 Å². The van der Waals surface area contributed by atoms with E-state index in [2.05, 4.69) is 0 Å². The van der Waals surface area contributed by atoms with Crippen molar-refractivity contribution in [1.29, 1.82) is 0 Å². The van der Waals surface area contributed by atoms with Crippen LogP contribution in [0.3, 0.4) is 0 Å². The van der Waals surface area contributed by atoms with Crippen LogP contribution in [0.4, 0.5) is 0 Å². The molecule has 0 saturated heterocycles. The van der Waals surface area contributed by atoms with Crippen molar-refractivity contribution in [1.82, 2.24) is 0 Å². The maximum absolute atomic E-state index is 11.7. The van der Waals surface area contributed by atoms with Gasteiger partial charge in [0.2, 0.25) is 0 Å². The minimum atomic E-state index is -0.864. The van der Waals surface area contributed by atoms with E-state index in [-0.39, 0.29) is 28.4 Å². The Hall–Kier alpha value is -0.630. The highest BCUT2D eigenvalue weighted by atomic mass is 31.1. The lowest BCUT2D eigenvalue weighted by Gasteiger charge is -2.38. The van der Waals surface area contributed by atoms with Crippen LogP contribution in [0.25, 0.3) is 0 Å². The molecule has 17 heavy (non-hydrogen) atoms. The third-order valence-electron chi connectivity index (χ3n) is 2.69. The molecule has 4 nitrogen and oxygen atoms in total. The average molecular weight is 262 g/mol. The van der Waals surface area contributed by atoms with Crippen molar-refractivity contribution in [2.24, 2.45) is 0 Å². The summed E-state index contributed by atoms with van der Waals surface area (Å²) in [6.45, 7) is 9.76. The van der Waals surface area contributed by atoms with Crippen molar-refractivity contribution in [3.05, 3.63) is 0 Å². The smallest absolute Gasteiger partial charge is 0.312 e. The van der Waals surface area contributed by atoms with Gasteiger partial charge in [-0.3, -0.25) is 9.59 Å². The number of carbonyl (C=O) groups excluding carboxylic acids is 2. The van der Waals surface area contributed by atoms with Crippen LogP contribution < -0.4 is 0 Å². The molecule has 0 rings (SSSR count). The van der Waals surface area contributed by atoms with Gasteiger partial charge in [0, 0.05) is 0 Å². The highest BCUT2D eigenvalue weighted by Crippen LogP contribution is 2.57. The lowest BCUT2D eigenvalue weighted by molar-refractivity contribution is -0.139. The number of hydrogen-bond donors (Lipinski definition) is 0. The molecule has 0 spiro atoms.